The molecule has 0 radical (unpaired) electrons. The first-order chi connectivity index (χ1) is 13.8. The van der Waals surface area contributed by atoms with Gasteiger partial charge in [-0.15, -0.1) is 0 Å². The molecular weight excluding hydrogens is 498 g/mol. The SMILES string of the molecule is CCCN(CC/C=C1\c2cc(N)c(O)c(Br)c2CCc2cc(Br)cnc21)C(C)=O. The predicted molar refractivity (Wildman–Crippen MR) is 124 cm³/mol. The number of pyridine rings is 1. The fraction of sp³-hybridized carbons (Fsp3) is 0.364. The summed E-state index contributed by atoms with van der Waals surface area (Å²) in [4.78, 5) is 18.4. The molecule has 1 aromatic carbocycles. The number of amides is 1. The van der Waals surface area contributed by atoms with Crippen LogP contribution in [0.25, 0.3) is 5.57 Å². The van der Waals surface area contributed by atoms with E-state index in [4.69, 9.17) is 10.7 Å². The van der Waals surface area contributed by atoms with Crippen molar-refractivity contribution in [3.63, 3.8) is 0 Å². The third kappa shape index (κ3) is 4.67. The summed E-state index contributed by atoms with van der Waals surface area (Å²) in [6, 6.07) is 3.92. The number of anilines is 1. The summed E-state index contributed by atoms with van der Waals surface area (Å²) in [5.74, 6) is 0.166. The maximum absolute atomic E-state index is 11.9. The van der Waals surface area contributed by atoms with Gasteiger partial charge in [0, 0.05) is 36.3 Å². The van der Waals surface area contributed by atoms with Crippen molar-refractivity contribution < 1.29 is 9.90 Å². The van der Waals surface area contributed by atoms with Crippen molar-refractivity contribution in [2.45, 2.75) is 39.5 Å². The van der Waals surface area contributed by atoms with Gasteiger partial charge in [-0.25, -0.2) is 0 Å². The maximum Gasteiger partial charge on any atom is 0.219 e. The van der Waals surface area contributed by atoms with E-state index in [1.807, 2.05) is 11.0 Å². The Morgan fingerprint density at radius 3 is 2.76 bits per heavy atom. The number of aryl methyl sites for hydroxylation is 1. The zero-order chi connectivity index (χ0) is 21.1. The monoisotopic (exact) mass is 521 g/mol. The molecule has 0 bridgehead atoms. The summed E-state index contributed by atoms with van der Waals surface area (Å²) in [7, 11) is 0. The average molecular weight is 523 g/mol. The number of hydrogen-bond acceptors (Lipinski definition) is 4. The first-order valence-corrected chi connectivity index (χ1v) is 11.3. The van der Waals surface area contributed by atoms with Crippen LogP contribution in [0.1, 0.15) is 49.1 Å². The largest absolute Gasteiger partial charge is 0.505 e. The van der Waals surface area contributed by atoms with Crippen LogP contribution in [0.3, 0.4) is 0 Å². The Balaban J connectivity index is 2.07. The molecule has 1 aromatic heterocycles. The fourth-order valence-corrected chi connectivity index (χ4v) is 4.77. The van der Waals surface area contributed by atoms with Gasteiger partial charge in [0.2, 0.25) is 5.91 Å². The van der Waals surface area contributed by atoms with Crippen LogP contribution in [0.2, 0.25) is 0 Å². The number of benzene rings is 1. The van der Waals surface area contributed by atoms with Gasteiger partial charge < -0.3 is 15.7 Å². The summed E-state index contributed by atoms with van der Waals surface area (Å²) < 4.78 is 1.58. The second kappa shape index (κ2) is 9.30. The highest BCUT2D eigenvalue weighted by molar-refractivity contribution is 9.10. The van der Waals surface area contributed by atoms with Crippen LogP contribution in [0, 0.1) is 0 Å². The van der Waals surface area contributed by atoms with Gasteiger partial charge in [-0.1, -0.05) is 13.0 Å². The Morgan fingerprint density at radius 1 is 1.31 bits per heavy atom. The molecule has 0 spiro atoms. The van der Waals surface area contributed by atoms with Crippen LogP contribution in [0.4, 0.5) is 5.69 Å². The minimum absolute atomic E-state index is 0.0777. The molecule has 0 aliphatic heterocycles. The minimum atomic E-state index is 0.0777. The lowest BCUT2D eigenvalue weighted by Gasteiger charge is -2.20. The fourth-order valence-electron chi connectivity index (χ4n) is 3.75. The van der Waals surface area contributed by atoms with Gasteiger partial charge in [-0.05, 0) is 86.4 Å². The van der Waals surface area contributed by atoms with Crippen molar-refractivity contribution in [2.75, 3.05) is 18.8 Å². The molecule has 154 valence electrons. The van der Waals surface area contributed by atoms with E-state index in [1.165, 1.54) is 0 Å². The molecule has 5 nitrogen and oxygen atoms in total. The predicted octanol–water partition coefficient (Wildman–Crippen LogP) is 5.07. The highest BCUT2D eigenvalue weighted by atomic mass is 79.9. The molecule has 3 N–H and O–H groups in total. The molecule has 3 rings (SSSR count). The summed E-state index contributed by atoms with van der Waals surface area (Å²) in [5, 5.41) is 10.3. The van der Waals surface area contributed by atoms with Gasteiger partial charge in [-0.3, -0.25) is 9.78 Å². The van der Waals surface area contributed by atoms with Crippen molar-refractivity contribution in [3.05, 3.63) is 55.7 Å². The summed E-state index contributed by atoms with van der Waals surface area (Å²) in [5.41, 5.74) is 11.5. The van der Waals surface area contributed by atoms with Gasteiger partial charge >= 0.3 is 0 Å². The van der Waals surface area contributed by atoms with Crippen molar-refractivity contribution in [3.8, 4) is 5.75 Å². The van der Waals surface area contributed by atoms with Crippen LogP contribution in [-0.4, -0.2) is 34.0 Å². The summed E-state index contributed by atoms with van der Waals surface area (Å²) >= 11 is 7.05. The zero-order valence-corrected chi connectivity index (χ0v) is 19.8. The average Bonchev–Trinajstić information content (AvgIpc) is 2.82. The minimum Gasteiger partial charge on any atom is -0.505 e. The van der Waals surface area contributed by atoms with Crippen molar-refractivity contribution in [2.24, 2.45) is 0 Å². The third-order valence-corrected chi connectivity index (χ3v) is 6.47. The second-order valence-corrected chi connectivity index (χ2v) is 8.94. The highest BCUT2D eigenvalue weighted by Crippen LogP contribution is 2.43. The van der Waals surface area contributed by atoms with E-state index in [2.05, 4.69) is 50.9 Å². The number of nitrogens with two attached hydrogens (primary N) is 1. The molecule has 29 heavy (non-hydrogen) atoms. The Kier molecular flexibility index (Phi) is 7.01. The Labute approximate surface area is 188 Å². The number of fused-ring (bicyclic) bond motifs is 2. The van der Waals surface area contributed by atoms with Gasteiger partial charge in [-0.2, -0.15) is 0 Å². The molecule has 0 saturated heterocycles. The van der Waals surface area contributed by atoms with E-state index < -0.39 is 0 Å². The van der Waals surface area contributed by atoms with E-state index in [0.29, 0.717) is 23.1 Å². The van der Waals surface area contributed by atoms with Crippen LogP contribution >= 0.6 is 31.9 Å². The number of hydrogen-bond donors (Lipinski definition) is 2. The number of aromatic hydroxyl groups is 1. The summed E-state index contributed by atoms with van der Waals surface area (Å²) in [6.07, 6.45) is 7.16. The van der Waals surface area contributed by atoms with E-state index >= 15 is 0 Å². The Hall–Kier alpha value is -1.86. The van der Waals surface area contributed by atoms with Gasteiger partial charge in [0.25, 0.3) is 0 Å². The Morgan fingerprint density at radius 2 is 2.07 bits per heavy atom. The Bertz CT molecular complexity index is 973. The number of carbonyl (C=O) groups is 1. The smallest absolute Gasteiger partial charge is 0.219 e. The number of nitrogens with zero attached hydrogens (tertiary/aromatic N) is 2. The molecule has 0 fully saturated rings. The number of rotatable bonds is 5. The molecule has 0 atom stereocenters. The normalized spacial score (nSPS) is 14.3. The first-order valence-electron chi connectivity index (χ1n) is 9.74. The molecule has 1 heterocycles. The molecule has 0 saturated carbocycles. The van der Waals surface area contributed by atoms with E-state index in [9.17, 15) is 9.90 Å². The van der Waals surface area contributed by atoms with Crippen LogP contribution in [-0.2, 0) is 17.6 Å². The molecule has 0 unspecified atom stereocenters. The molecular formula is C22H25Br2N3O2. The lowest BCUT2D eigenvalue weighted by molar-refractivity contribution is -0.128. The quantitative estimate of drug-likeness (QED) is 0.424. The summed E-state index contributed by atoms with van der Waals surface area (Å²) in [6.45, 7) is 5.09. The zero-order valence-electron chi connectivity index (χ0n) is 16.6. The van der Waals surface area contributed by atoms with E-state index in [0.717, 1.165) is 58.2 Å². The molecule has 1 amide bonds. The number of halogens is 2. The first kappa shape index (κ1) is 21.8. The van der Waals surface area contributed by atoms with Gasteiger partial charge in [0.05, 0.1) is 15.9 Å². The van der Waals surface area contributed by atoms with Crippen molar-refractivity contribution >= 4 is 49.0 Å². The number of phenols is 1. The maximum atomic E-state index is 11.9. The van der Waals surface area contributed by atoms with Crippen molar-refractivity contribution in [1.29, 1.82) is 0 Å². The second-order valence-electron chi connectivity index (χ2n) is 7.23. The molecule has 1 aliphatic carbocycles. The molecule has 2 aromatic rings. The van der Waals surface area contributed by atoms with Gasteiger partial charge in [0.1, 0.15) is 0 Å². The standard InChI is InChI=1S/C22H25Br2N3O2/c1-3-8-27(13(2)28)9-4-5-17-18-11-19(25)22(29)20(24)16(18)7-6-14-10-15(23)12-26-21(14)17/h5,10-12,29H,3-4,6-9,25H2,1-2H3/b17-5+. The molecule has 7 heteroatoms. The van der Waals surface area contributed by atoms with Gasteiger partial charge in [0.15, 0.2) is 5.75 Å². The van der Waals surface area contributed by atoms with Crippen LogP contribution < -0.4 is 5.73 Å². The highest BCUT2D eigenvalue weighted by Gasteiger charge is 2.24. The number of phenolic OH excluding ortho intramolecular Hbond substituents is 1. The number of carbonyl (C=O) groups excluding carboxylic acids is 1. The lowest BCUT2D eigenvalue weighted by atomic mass is 9.95. The number of nitrogen functional groups attached to an aromatic ring is 1. The molecule has 1 aliphatic rings. The third-order valence-electron chi connectivity index (χ3n) is 5.18. The topological polar surface area (TPSA) is 79.4 Å². The van der Waals surface area contributed by atoms with E-state index in [1.54, 1.807) is 13.1 Å². The number of aromatic nitrogens is 1. The van der Waals surface area contributed by atoms with Crippen molar-refractivity contribution in [1.82, 2.24) is 9.88 Å². The lowest BCUT2D eigenvalue weighted by Crippen LogP contribution is -2.30. The van der Waals surface area contributed by atoms with E-state index in [-0.39, 0.29) is 11.7 Å². The van der Waals surface area contributed by atoms with Crippen LogP contribution in [0.15, 0.2) is 33.4 Å². The van der Waals surface area contributed by atoms with Crippen LogP contribution in [0.5, 0.6) is 5.75 Å².